The molecule has 0 saturated heterocycles. The van der Waals surface area contributed by atoms with E-state index in [1.54, 1.807) is 19.2 Å². The number of ether oxygens (including phenoxy) is 3. The Hall–Kier alpha value is -2.60. The van der Waals surface area contributed by atoms with Crippen LogP contribution in [0, 0.1) is 0 Å². The molecule has 2 heterocycles. The van der Waals surface area contributed by atoms with E-state index in [9.17, 15) is 4.79 Å². The molecule has 2 N–H and O–H groups in total. The molecule has 2 unspecified atom stereocenters. The molecule has 2 aromatic rings. The van der Waals surface area contributed by atoms with E-state index >= 15 is 0 Å². The molecule has 23 heavy (non-hydrogen) atoms. The molecule has 0 amide bonds. The van der Waals surface area contributed by atoms with Crippen molar-refractivity contribution in [2.24, 2.45) is 5.73 Å². The highest BCUT2D eigenvalue weighted by molar-refractivity contribution is 5.88. The largest absolute Gasteiger partial charge is 0.497 e. The number of rotatable bonds is 3. The Bertz CT molecular complexity index is 715. The number of methoxy groups -OCH3 is 2. The van der Waals surface area contributed by atoms with Crippen molar-refractivity contribution in [3.8, 4) is 11.5 Å². The van der Waals surface area contributed by atoms with Crippen molar-refractivity contribution in [3.63, 3.8) is 0 Å². The van der Waals surface area contributed by atoms with E-state index in [0.29, 0.717) is 23.5 Å². The fourth-order valence-electron chi connectivity index (χ4n) is 2.62. The number of hydrogen-bond donors (Lipinski definition) is 1. The minimum absolute atomic E-state index is 0.142. The van der Waals surface area contributed by atoms with Gasteiger partial charge in [-0.25, -0.2) is 4.79 Å². The van der Waals surface area contributed by atoms with Crippen LogP contribution < -0.4 is 15.2 Å². The van der Waals surface area contributed by atoms with E-state index in [2.05, 4.69) is 9.72 Å². The van der Waals surface area contributed by atoms with Gasteiger partial charge < -0.3 is 19.9 Å². The van der Waals surface area contributed by atoms with Crippen LogP contribution in [0.5, 0.6) is 11.5 Å². The molecule has 1 aromatic carbocycles. The smallest absolute Gasteiger partial charge is 0.339 e. The summed E-state index contributed by atoms with van der Waals surface area (Å²) in [6, 6.07) is 8.90. The number of aromatic nitrogens is 1. The van der Waals surface area contributed by atoms with E-state index in [1.165, 1.54) is 13.3 Å². The van der Waals surface area contributed by atoms with Crippen LogP contribution >= 0.6 is 0 Å². The third-order valence-electron chi connectivity index (χ3n) is 3.89. The van der Waals surface area contributed by atoms with Crippen molar-refractivity contribution < 1.29 is 19.0 Å². The maximum Gasteiger partial charge on any atom is 0.339 e. The second-order valence-electron chi connectivity index (χ2n) is 5.32. The summed E-state index contributed by atoms with van der Waals surface area (Å²) in [4.78, 5) is 15.8. The molecule has 0 aliphatic carbocycles. The third-order valence-corrected chi connectivity index (χ3v) is 3.89. The van der Waals surface area contributed by atoms with Gasteiger partial charge in [-0.15, -0.1) is 0 Å². The van der Waals surface area contributed by atoms with Gasteiger partial charge in [0.1, 0.15) is 17.6 Å². The van der Waals surface area contributed by atoms with Gasteiger partial charge in [0.2, 0.25) is 0 Å². The second kappa shape index (κ2) is 6.26. The third kappa shape index (κ3) is 2.98. The number of pyridine rings is 1. The highest BCUT2D eigenvalue weighted by Crippen LogP contribution is 2.40. The molecular formula is C17H18N2O4. The molecule has 1 aromatic heterocycles. The molecule has 6 heteroatoms. The van der Waals surface area contributed by atoms with Gasteiger partial charge in [-0.05, 0) is 18.2 Å². The number of esters is 1. The zero-order valence-electron chi connectivity index (χ0n) is 13.0. The molecule has 0 bridgehead atoms. The number of carbonyl (C=O) groups is 1. The van der Waals surface area contributed by atoms with Gasteiger partial charge in [-0.3, -0.25) is 4.98 Å². The number of hydrogen-bond acceptors (Lipinski definition) is 6. The van der Waals surface area contributed by atoms with E-state index in [0.717, 1.165) is 11.3 Å². The lowest BCUT2D eigenvalue weighted by Gasteiger charge is -2.30. The summed E-state index contributed by atoms with van der Waals surface area (Å²) < 4.78 is 15.9. The summed E-state index contributed by atoms with van der Waals surface area (Å²) in [6.45, 7) is 0. The van der Waals surface area contributed by atoms with Crippen molar-refractivity contribution in [1.29, 1.82) is 0 Å². The van der Waals surface area contributed by atoms with Gasteiger partial charge >= 0.3 is 5.97 Å². The molecule has 6 nitrogen and oxygen atoms in total. The maximum absolute atomic E-state index is 11.5. The van der Waals surface area contributed by atoms with Crippen molar-refractivity contribution in [2.75, 3.05) is 14.2 Å². The van der Waals surface area contributed by atoms with Crippen LogP contribution in [0.4, 0.5) is 0 Å². The quantitative estimate of drug-likeness (QED) is 0.876. The van der Waals surface area contributed by atoms with Crippen LogP contribution in [0.15, 0.2) is 36.5 Å². The number of benzene rings is 1. The number of nitrogens with zero attached hydrogens (tertiary/aromatic N) is 1. The lowest BCUT2D eigenvalue weighted by atomic mass is 9.95. The zero-order chi connectivity index (χ0) is 16.4. The molecule has 1 aliphatic heterocycles. The summed E-state index contributed by atoms with van der Waals surface area (Å²) in [7, 11) is 2.94. The highest BCUT2D eigenvalue weighted by Gasteiger charge is 2.28. The SMILES string of the molecule is COC(=O)c1ccc(C2CC(N)c3ccc(OC)cc3O2)nc1. The molecule has 0 radical (unpaired) electrons. The zero-order valence-corrected chi connectivity index (χ0v) is 13.0. The average molecular weight is 314 g/mol. The standard InChI is InChI=1S/C17H18N2O4/c1-21-11-4-5-12-13(18)8-16(23-15(12)7-11)14-6-3-10(9-19-14)17(20)22-2/h3-7,9,13,16H,8,18H2,1-2H3. The summed E-state index contributed by atoms with van der Waals surface area (Å²) in [6.07, 6.45) is 1.83. The topological polar surface area (TPSA) is 83.7 Å². The van der Waals surface area contributed by atoms with Crippen molar-refractivity contribution in [1.82, 2.24) is 4.98 Å². The van der Waals surface area contributed by atoms with E-state index < -0.39 is 5.97 Å². The van der Waals surface area contributed by atoms with Gasteiger partial charge in [0, 0.05) is 30.3 Å². The Morgan fingerprint density at radius 1 is 1.30 bits per heavy atom. The first kappa shape index (κ1) is 15.3. The normalized spacial score (nSPS) is 19.4. The summed E-state index contributed by atoms with van der Waals surface area (Å²) in [5.74, 6) is 0.998. The van der Waals surface area contributed by atoms with Crippen LogP contribution in [0.3, 0.4) is 0 Å². The fraction of sp³-hybridized carbons (Fsp3) is 0.294. The van der Waals surface area contributed by atoms with Gasteiger partial charge in [-0.2, -0.15) is 0 Å². The Kier molecular flexibility index (Phi) is 4.16. The maximum atomic E-state index is 11.5. The minimum atomic E-state index is -0.416. The van der Waals surface area contributed by atoms with E-state index in [-0.39, 0.29) is 12.1 Å². The number of nitrogens with two attached hydrogens (primary N) is 1. The van der Waals surface area contributed by atoms with Gasteiger partial charge in [0.25, 0.3) is 0 Å². The first-order valence-electron chi connectivity index (χ1n) is 7.27. The van der Waals surface area contributed by atoms with Gasteiger partial charge in [0.15, 0.2) is 0 Å². The Balaban J connectivity index is 1.85. The van der Waals surface area contributed by atoms with Crippen molar-refractivity contribution in [2.45, 2.75) is 18.6 Å². The number of fused-ring (bicyclic) bond motifs is 1. The van der Waals surface area contributed by atoms with E-state index in [1.807, 2.05) is 18.2 Å². The molecule has 2 atom stereocenters. The average Bonchev–Trinajstić information content (AvgIpc) is 2.60. The second-order valence-corrected chi connectivity index (χ2v) is 5.32. The molecule has 0 spiro atoms. The predicted octanol–water partition coefficient (Wildman–Crippen LogP) is 2.40. The monoisotopic (exact) mass is 314 g/mol. The van der Waals surface area contributed by atoms with Crippen LogP contribution in [-0.4, -0.2) is 25.2 Å². The lowest BCUT2D eigenvalue weighted by molar-refractivity contribution is 0.0600. The Morgan fingerprint density at radius 2 is 2.13 bits per heavy atom. The molecular weight excluding hydrogens is 296 g/mol. The summed E-state index contributed by atoms with van der Waals surface area (Å²) in [5, 5.41) is 0. The van der Waals surface area contributed by atoms with E-state index in [4.69, 9.17) is 15.2 Å². The molecule has 0 saturated carbocycles. The Labute approximate surface area is 134 Å². The fourth-order valence-corrected chi connectivity index (χ4v) is 2.62. The highest BCUT2D eigenvalue weighted by atomic mass is 16.5. The lowest BCUT2D eigenvalue weighted by Crippen LogP contribution is -2.24. The van der Waals surface area contributed by atoms with Gasteiger partial charge in [0.05, 0.1) is 25.5 Å². The van der Waals surface area contributed by atoms with Gasteiger partial charge in [-0.1, -0.05) is 6.07 Å². The molecule has 0 fully saturated rings. The molecule has 120 valence electrons. The predicted molar refractivity (Wildman–Crippen MR) is 83.5 cm³/mol. The summed E-state index contributed by atoms with van der Waals surface area (Å²) in [5.41, 5.74) is 8.32. The van der Waals surface area contributed by atoms with Crippen LogP contribution in [0.1, 0.15) is 40.2 Å². The number of carbonyl (C=O) groups excluding carboxylic acids is 1. The van der Waals surface area contributed by atoms with Crippen molar-refractivity contribution >= 4 is 5.97 Å². The van der Waals surface area contributed by atoms with Crippen LogP contribution in [0.25, 0.3) is 0 Å². The minimum Gasteiger partial charge on any atom is -0.497 e. The summed E-state index contributed by atoms with van der Waals surface area (Å²) >= 11 is 0. The first-order chi connectivity index (χ1) is 11.1. The Morgan fingerprint density at radius 3 is 2.78 bits per heavy atom. The van der Waals surface area contributed by atoms with Crippen LogP contribution in [0.2, 0.25) is 0 Å². The van der Waals surface area contributed by atoms with Crippen LogP contribution in [-0.2, 0) is 4.74 Å². The molecule has 3 rings (SSSR count). The molecule has 1 aliphatic rings. The first-order valence-corrected chi connectivity index (χ1v) is 7.27. The van der Waals surface area contributed by atoms with Crippen molar-refractivity contribution in [3.05, 3.63) is 53.3 Å².